The highest BCUT2D eigenvalue weighted by atomic mass is 79.9. The number of fused-ring (bicyclic) bond motifs is 1. The third-order valence-corrected chi connectivity index (χ3v) is 4.82. The number of alkyl halides is 1. The Labute approximate surface area is 138 Å². The number of aromatic nitrogens is 2. The van der Waals surface area contributed by atoms with Crippen molar-refractivity contribution >= 4 is 38.6 Å². The average molecular weight is 376 g/mol. The summed E-state index contributed by atoms with van der Waals surface area (Å²) in [5.41, 5.74) is 1.63. The van der Waals surface area contributed by atoms with Crippen LogP contribution in [0, 0.1) is 11.7 Å². The number of benzene rings is 1. The van der Waals surface area contributed by atoms with Crippen LogP contribution in [-0.2, 0) is 12.4 Å². The molecule has 2 rings (SSSR count). The number of nitrogens with zero attached hydrogens (tertiary/aromatic N) is 2. The maximum Gasteiger partial charge on any atom is 0.139 e. The lowest BCUT2D eigenvalue weighted by molar-refractivity contribution is 0.391. The molecular formula is C16H21BrClFN2. The Balaban J connectivity index is 2.38. The van der Waals surface area contributed by atoms with E-state index in [1.54, 1.807) is 12.1 Å². The highest BCUT2D eigenvalue weighted by molar-refractivity contribution is 9.10. The molecule has 0 spiro atoms. The summed E-state index contributed by atoms with van der Waals surface area (Å²) in [4.78, 5) is 4.54. The van der Waals surface area contributed by atoms with E-state index in [1.165, 1.54) is 19.3 Å². The van der Waals surface area contributed by atoms with Gasteiger partial charge in [0.25, 0.3) is 0 Å². The van der Waals surface area contributed by atoms with Gasteiger partial charge in [0.15, 0.2) is 0 Å². The van der Waals surface area contributed by atoms with Crippen LogP contribution >= 0.6 is 27.5 Å². The van der Waals surface area contributed by atoms with Crippen molar-refractivity contribution in [3.63, 3.8) is 0 Å². The Morgan fingerprint density at radius 1 is 1.38 bits per heavy atom. The molecule has 0 N–H and O–H groups in total. The average Bonchev–Trinajstić information content (AvgIpc) is 2.81. The smallest absolute Gasteiger partial charge is 0.139 e. The van der Waals surface area contributed by atoms with Crippen molar-refractivity contribution in [3.8, 4) is 0 Å². The van der Waals surface area contributed by atoms with Gasteiger partial charge in [-0.15, -0.1) is 11.6 Å². The molecule has 0 aliphatic rings. The van der Waals surface area contributed by atoms with E-state index in [-0.39, 0.29) is 5.82 Å². The molecule has 0 saturated heterocycles. The molecule has 1 atom stereocenters. The van der Waals surface area contributed by atoms with Crippen molar-refractivity contribution in [2.75, 3.05) is 0 Å². The fourth-order valence-electron chi connectivity index (χ4n) is 2.65. The van der Waals surface area contributed by atoms with E-state index in [2.05, 4.69) is 39.3 Å². The summed E-state index contributed by atoms with van der Waals surface area (Å²) in [5.74, 6) is 1.49. The molecule has 1 heterocycles. The summed E-state index contributed by atoms with van der Waals surface area (Å²) < 4.78 is 16.4. The summed E-state index contributed by atoms with van der Waals surface area (Å²) in [5, 5.41) is 0. The van der Waals surface area contributed by atoms with Gasteiger partial charge in [-0.1, -0.05) is 33.1 Å². The van der Waals surface area contributed by atoms with Gasteiger partial charge in [-0.3, -0.25) is 0 Å². The fraction of sp³-hybridized carbons (Fsp3) is 0.562. The molecule has 1 unspecified atom stereocenters. The lowest BCUT2D eigenvalue weighted by Gasteiger charge is -2.17. The minimum Gasteiger partial charge on any atom is -0.327 e. The van der Waals surface area contributed by atoms with Gasteiger partial charge < -0.3 is 4.57 Å². The highest BCUT2D eigenvalue weighted by Gasteiger charge is 2.16. The molecule has 1 aromatic carbocycles. The number of hydrogen-bond donors (Lipinski definition) is 0. The molecule has 0 aliphatic carbocycles. The van der Waals surface area contributed by atoms with Crippen molar-refractivity contribution in [2.45, 2.75) is 52.0 Å². The Morgan fingerprint density at radius 2 is 2.14 bits per heavy atom. The van der Waals surface area contributed by atoms with Crippen LogP contribution in [0.1, 0.15) is 45.4 Å². The predicted molar refractivity (Wildman–Crippen MR) is 90.3 cm³/mol. The number of rotatable bonds is 7. The minimum absolute atomic E-state index is 0.258. The summed E-state index contributed by atoms with van der Waals surface area (Å²) in [6.45, 7) is 5.27. The van der Waals surface area contributed by atoms with E-state index < -0.39 is 0 Å². The van der Waals surface area contributed by atoms with E-state index in [9.17, 15) is 4.39 Å². The molecule has 0 saturated carbocycles. The molecule has 5 heteroatoms. The highest BCUT2D eigenvalue weighted by Crippen LogP contribution is 2.27. The molecule has 116 valence electrons. The Kier molecular flexibility index (Phi) is 6.06. The Bertz CT molecular complexity index is 612. The number of imidazole rings is 1. The fourth-order valence-corrected chi connectivity index (χ4v) is 3.19. The largest absolute Gasteiger partial charge is 0.327 e. The monoisotopic (exact) mass is 374 g/mol. The molecule has 1 aromatic heterocycles. The molecule has 0 fully saturated rings. The lowest BCUT2D eigenvalue weighted by atomic mass is 9.99. The zero-order valence-electron chi connectivity index (χ0n) is 12.5. The van der Waals surface area contributed by atoms with E-state index in [0.717, 1.165) is 29.8 Å². The zero-order valence-corrected chi connectivity index (χ0v) is 14.8. The molecule has 21 heavy (non-hydrogen) atoms. The van der Waals surface area contributed by atoms with E-state index in [1.807, 2.05) is 0 Å². The molecule has 0 bridgehead atoms. The second-order valence-electron chi connectivity index (χ2n) is 5.44. The normalized spacial score (nSPS) is 13.0. The van der Waals surface area contributed by atoms with Gasteiger partial charge in [-0.25, -0.2) is 9.37 Å². The van der Waals surface area contributed by atoms with Crippen LogP contribution in [0.4, 0.5) is 4.39 Å². The van der Waals surface area contributed by atoms with Gasteiger partial charge in [0, 0.05) is 12.6 Å². The van der Waals surface area contributed by atoms with Crippen LogP contribution < -0.4 is 0 Å². The van der Waals surface area contributed by atoms with E-state index in [0.29, 0.717) is 16.3 Å². The second kappa shape index (κ2) is 7.59. The first-order chi connectivity index (χ1) is 10.1. The lowest BCUT2D eigenvalue weighted by Crippen LogP contribution is -2.12. The third kappa shape index (κ3) is 3.78. The van der Waals surface area contributed by atoms with Crippen LogP contribution in [0.15, 0.2) is 16.6 Å². The SMILES string of the molecule is CCCCC(CC)Cn1c(CCl)nc2cc(Br)c(F)cc21. The van der Waals surface area contributed by atoms with Gasteiger partial charge in [-0.05, 0) is 34.3 Å². The topological polar surface area (TPSA) is 17.8 Å². The van der Waals surface area contributed by atoms with Gasteiger partial charge in [0.2, 0.25) is 0 Å². The molecule has 0 aliphatic heterocycles. The summed E-state index contributed by atoms with van der Waals surface area (Å²) in [7, 11) is 0. The van der Waals surface area contributed by atoms with Crippen LogP contribution in [0.2, 0.25) is 0 Å². The van der Waals surface area contributed by atoms with Gasteiger partial charge >= 0.3 is 0 Å². The summed E-state index contributed by atoms with van der Waals surface area (Å²) in [6, 6.07) is 3.28. The van der Waals surface area contributed by atoms with Gasteiger partial charge in [0.05, 0.1) is 21.4 Å². The third-order valence-electron chi connectivity index (χ3n) is 3.97. The van der Waals surface area contributed by atoms with Crippen molar-refractivity contribution < 1.29 is 4.39 Å². The predicted octanol–water partition coefficient (Wildman–Crippen LogP) is 5.89. The zero-order chi connectivity index (χ0) is 15.4. The van der Waals surface area contributed by atoms with Crippen molar-refractivity contribution in [3.05, 3.63) is 28.2 Å². The molecule has 0 radical (unpaired) electrons. The number of halogens is 3. The van der Waals surface area contributed by atoms with Crippen LogP contribution in [0.25, 0.3) is 11.0 Å². The van der Waals surface area contributed by atoms with Gasteiger partial charge in [-0.2, -0.15) is 0 Å². The molecule has 2 nitrogen and oxygen atoms in total. The van der Waals surface area contributed by atoms with E-state index >= 15 is 0 Å². The van der Waals surface area contributed by atoms with E-state index in [4.69, 9.17) is 11.6 Å². The molecule has 0 amide bonds. The Morgan fingerprint density at radius 3 is 2.76 bits per heavy atom. The van der Waals surface area contributed by atoms with Crippen molar-refractivity contribution in [1.29, 1.82) is 0 Å². The van der Waals surface area contributed by atoms with Crippen molar-refractivity contribution in [1.82, 2.24) is 9.55 Å². The quantitative estimate of drug-likeness (QED) is 0.551. The standard InChI is InChI=1S/C16H21BrClFN2/c1-3-5-6-11(4-2)10-21-15-8-13(19)12(17)7-14(15)20-16(21)9-18/h7-8,11H,3-6,9-10H2,1-2H3. The first kappa shape index (κ1) is 16.8. The first-order valence-electron chi connectivity index (χ1n) is 7.50. The number of hydrogen-bond acceptors (Lipinski definition) is 1. The van der Waals surface area contributed by atoms with Crippen molar-refractivity contribution in [2.24, 2.45) is 5.92 Å². The molecular weight excluding hydrogens is 355 g/mol. The Hall–Kier alpha value is -0.610. The first-order valence-corrected chi connectivity index (χ1v) is 8.83. The second-order valence-corrected chi connectivity index (χ2v) is 6.57. The summed E-state index contributed by atoms with van der Waals surface area (Å²) in [6.07, 6.45) is 4.72. The maximum atomic E-state index is 13.8. The molecule has 2 aromatic rings. The minimum atomic E-state index is -0.258. The van der Waals surface area contributed by atoms with Crippen LogP contribution in [0.3, 0.4) is 0 Å². The van der Waals surface area contributed by atoms with Crippen LogP contribution in [-0.4, -0.2) is 9.55 Å². The van der Waals surface area contributed by atoms with Crippen LogP contribution in [0.5, 0.6) is 0 Å². The van der Waals surface area contributed by atoms with Gasteiger partial charge in [0.1, 0.15) is 11.6 Å². The number of unbranched alkanes of at least 4 members (excludes halogenated alkanes) is 1. The summed E-state index contributed by atoms with van der Waals surface area (Å²) >= 11 is 9.24. The maximum absolute atomic E-state index is 13.8.